The van der Waals surface area contributed by atoms with Crippen LogP contribution < -0.4 is 5.32 Å². The van der Waals surface area contributed by atoms with E-state index in [1.807, 2.05) is 0 Å². The van der Waals surface area contributed by atoms with Crippen LogP contribution in [0.5, 0.6) is 0 Å². The fourth-order valence-corrected chi connectivity index (χ4v) is 5.36. The van der Waals surface area contributed by atoms with Gasteiger partial charge in [-0.1, -0.05) is 12.1 Å². The van der Waals surface area contributed by atoms with Gasteiger partial charge in [-0.15, -0.1) is 11.3 Å². The third-order valence-electron chi connectivity index (χ3n) is 4.15. The molecule has 0 radical (unpaired) electrons. The molecule has 2 aromatic heterocycles. The van der Waals surface area contributed by atoms with E-state index in [1.165, 1.54) is 52.4 Å². The second-order valence-electron chi connectivity index (χ2n) is 5.87. The van der Waals surface area contributed by atoms with Gasteiger partial charge in [-0.2, -0.15) is 4.31 Å². The number of benzene rings is 1. The van der Waals surface area contributed by atoms with Crippen molar-refractivity contribution in [2.75, 3.05) is 11.9 Å². The molecule has 7 nitrogen and oxygen atoms in total. The Kier molecular flexibility index (Phi) is 4.54. The van der Waals surface area contributed by atoms with Gasteiger partial charge in [0, 0.05) is 17.8 Å². The Morgan fingerprint density at radius 1 is 1.30 bits per heavy atom. The first-order valence-corrected chi connectivity index (χ1v) is 10.3. The van der Waals surface area contributed by atoms with Gasteiger partial charge in [0.15, 0.2) is 5.13 Å². The summed E-state index contributed by atoms with van der Waals surface area (Å²) in [6.07, 6.45) is 3.11. The van der Waals surface area contributed by atoms with Crippen LogP contribution in [0.3, 0.4) is 0 Å². The predicted molar refractivity (Wildman–Crippen MR) is 96.5 cm³/mol. The number of nitrogens with zero attached hydrogens (tertiary/aromatic N) is 2. The number of anilines is 1. The van der Waals surface area contributed by atoms with Crippen molar-refractivity contribution in [3.05, 3.63) is 64.8 Å². The lowest BCUT2D eigenvalue weighted by Crippen LogP contribution is -2.35. The number of nitrogens with one attached hydrogen (secondary N) is 1. The Bertz CT molecular complexity index is 1090. The monoisotopic (exact) mass is 407 g/mol. The Morgan fingerprint density at radius 3 is 2.85 bits per heavy atom. The van der Waals surface area contributed by atoms with Gasteiger partial charge in [0.05, 0.1) is 24.1 Å². The highest BCUT2D eigenvalue weighted by Crippen LogP contribution is 2.31. The van der Waals surface area contributed by atoms with E-state index in [2.05, 4.69) is 10.3 Å². The minimum Gasteiger partial charge on any atom is -0.472 e. The molecule has 0 bridgehead atoms. The highest BCUT2D eigenvalue weighted by molar-refractivity contribution is 7.89. The van der Waals surface area contributed by atoms with Gasteiger partial charge in [0.25, 0.3) is 5.91 Å². The topological polar surface area (TPSA) is 92.5 Å². The van der Waals surface area contributed by atoms with E-state index in [0.717, 1.165) is 16.6 Å². The second-order valence-corrected chi connectivity index (χ2v) is 8.86. The number of carbonyl (C=O) groups is 1. The zero-order valence-corrected chi connectivity index (χ0v) is 15.5. The number of hydrogen-bond donors (Lipinski definition) is 1. The maximum absolute atomic E-state index is 13.9. The van der Waals surface area contributed by atoms with Crippen LogP contribution in [0.4, 0.5) is 9.52 Å². The van der Waals surface area contributed by atoms with Gasteiger partial charge in [0.1, 0.15) is 17.0 Å². The van der Waals surface area contributed by atoms with Crippen LogP contribution in [0.2, 0.25) is 0 Å². The summed E-state index contributed by atoms with van der Waals surface area (Å²) in [7, 11) is -3.95. The smallest absolute Gasteiger partial charge is 0.260 e. The molecule has 0 unspecified atom stereocenters. The van der Waals surface area contributed by atoms with Crippen molar-refractivity contribution in [1.82, 2.24) is 9.29 Å². The molecule has 10 heteroatoms. The fraction of sp³-hybridized carbons (Fsp3) is 0.176. The van der Waals surface area contributed by atoms with E-state index in [9.17, 15) is 17.6 Å². The zero-order valence-electron chi connectivity index (χ0n) is 13.9. The van der Waals surface area contributed by atoms with Crippen LogP contribution in [0, 0.1) is 5.82 Å². The highest BCUT2D eigenvalue weighted by Gasteiger charge is 2.32. The Labute approximate surface area is 158 Å². The number of hydrogen-bond acceptors (Lipinski definition) is 6. The molecule has 0 aliphatic carbocycles. The molecule has 1 N–H and O–H groups in total. The summed E-state index contributed by atoms with van der Waals surface area (Å²) in [6, 6.07) is 6.84. The standard InChI is InChI=1S/C17H14FN3O4S2/c18-12-3-1-2-4-15(12)27(23,24)21-7-5-13-14(9-21)26-17(19-13)20-16(22)11-6-8-25-10-11/h1-4,6,8,10H,5,7,9H2,(H,19,20,22). The first-order chi connectivity index (χ1) is 12.9. The molecule has 0 saturated heterocycles. The number of furan rings is 1. The minimum atomic E-state index is -3.95. The fourth-order valence-electron chi connectivity index (χ4n) is 2.79. The first kappa shape index (κ1) is 17.8. The Balaban J connectivity index is 1.54. The maximum atomic E-state index is 13.9. The number of sulfonamides is 1. The van der Waals surface area contributed by atoms with E-state index < -0.39 is 15.8 Å². The molecule has 1 aromatic carbocycles. The number of aromatic nitrogens is 1. The Hall–Kier alpha value is -2.56. The number of fused-ring (bicyclic) bond motifs is 1. The lowest BCUT2D eigenvalue weighted by atomic mass is 10.2. The lowest BCUT2D eigenvalue weighted by Gasteiger charge is -2.25. The first-order valence-electron chi connectivity index (χ1n) is 8.02. The molecule has 0 fully saturated rings. The van der Waals surface area contributed by atoms with E-state index in [1.54, 1.807) is 0 Å². The van der Waals surface area contributed by atoms with Crippen molar-refractivity contribution in [3.8, 4) is 0 Å². The molecular formula is C17H14FN3O4S2. The number of thiazole rings is 1. The highest BCUT2D eigenvalue weighted by atomic mass is 32.2. The van der Waals surface area contributed by atoms with Crippen molar-refractivity contribution < 1.29 is 22.0 Å². The molecule has 0 atom stereocenters. The molecule has 140 valence electrons. The number of carbonyl (C=O) groups excluding carboxylic acids is 1. The lowest BCUT2D eigenvalue weighted by molar-refractivity contribution is 0.102. The summed E-state index contributed by atoms with van der Waals surface area (Å²) in [4.78, 5) is 16.8. The third kappa shape index (κ3) is 3.38. The van der Waals surface area contributed by atoms with Crippen molar-refractivity contribution in [2.45, 2.75) is 17.9 Å². The Morgan fingerprint density at radius 2 is 2.11 bits per heavy atom. The molecule has 1 aliphatic rings. The summed E-state index contributed by atoms with van der Waals surface area (Å²) >= 11 is 1.21. The normalized spacial score (nSPS) is 14.7. The summed E-state index contributed by atoms with van der Waals surface area (Å²) < 4.78 is 45.5. The van der Waals surface area contributed by atoms with Crippen molar-refractivity contribution in [2.24, 2.45) is 0 Å². The summed E-state index contributed by atoms with van der Waals surface area (Å²) in [6.45, 7) is 0.285. The molecule has 3 aromatic rings. The van der Waals surface area contributed by atoms with Gasteiger partial charge in [-0.3, -0.25) is 10.1 Å². The van der Waals surface area contributed by atoms with E-state index in [0.29, 0.717) is 17.1 Å². The van der Waals surface area contributed by atoms with Crippen LogP contribution in [-0.2, 0) is 23.0 Å². The molecule has 1 amide bonds. The zero-order chi connectivity index (χ0) is 19.0. The van der Waals surface area contributed by atoms with E-state index >= 15 is 0 Å². The molecular weight excluding hydrogens is 393 g/mol. The molecule has 0 saturated carbocycles. The molecule has 1 aliphatic heterocycles. The third-order valence-corrected chi connectivity index (χ3v) is 7.03. The maximum Gasteiger partial charge on any atom is 0.260 e. The average Bonchev–Trinajstić information content (AvgIpc) is 3.30. The van der Waals surface area contributed by atoms with Crippen LogP contribution in [0.25, 0.3) is 0 Å². The van der Waals surface area contributed by atoms with Crippen molar-refractivity contribution in [3.63, 3.8) is 0 Å². The van der Waals surface area contributed by atoms with Gasteiger partial charge < -0.3 is 4.42 Å². The molecule has 0 spiro atoms. The molecule has 3 heterocycles. The van der Waals surface area contributed by atoms with E-state index in [4.69, 9.17) is 4.42 Å². The number of amides is 1. The second kappa shape index (κ2) is 6.87. The van der Waals surface area contributed by atoms with Gasteiger partial charge >= 0.3 is 0 Å². The quantitative estimate of drug-likeness (QED) is 0.718. The molecule has 27 heavy (non-hydrogen) atoms. The van der Waals surface area contributed by atoms with Gasteiger partial charge in [-0.05, 0) is 18.2 Å². The van der Waals surface area contributed by atoms with Crippen LogP contribution >= 0.6 is 11.3 Å². The SMILES string of the molecule is O=C(Nc1nc2c(s1)CN(S(=O)(=O)c1ccccc1F)CC2)c1ccoc1. The van der Waals surface area contributed by atoms with E-state index in [-0.39, 0.29) is 23.9 Å². The number of rotatable bonds is 4. The minimum absolute atomic E-state index is 0.0885. The number of halogens is 1. The summed E-state index contributed by atoms with van der Waals surface area (Å²) in [5.41, 5.74) is 1.11. The van der Waals surface area contributed by atoms with Crippen LogP contribution in [0.15, 0.2) is 52.2 Å². The predicted octanol–water partition coefficient (Wildman–Crippen LogP) is 2.87. The van der Waals surface area contributed by atoms with Crippen molar-refractivity contribution in [1.29, 1.82) is 0 Å². The van der Waals surface area contributed by atoms with Crippen molar-refractivity contribution >= 4 is 32.4 Å². The van der Waals surface area contributed by atoms with Crippen LogP contribution in [-0.4, -0.2) is 30.2 Å². The largest absolute Gasteiger partial charge is 0.472 e. The summed E-state index contributed by atoms with van der Waals surface area (Å²) in [5, 5.41) is 3.06. The summed E-state index contributed by atoms with van der Waals surface area (Å²) in [5.74, 6) is -1.13. The van der Waals surface area contributed by atoms with Gasteiger partial charge in [0.2, 0.25) is 10.0 Å². The van der Waals surface area contributed by atoms with Gasteiger partial charge in [-0.25, -0.2) is 17.8 Å². The molecule has 4 rings (SSSR count). The average molecular weight is 407 g/mol. The van der Waals surface area contributed by atoms with Crippen LogP contribution in [0.1, 0.15) is 20.9 Å².